The molecule has 1 unspecified atom stereocenters. The summed E-state index contributed by atoms with van der Waals surface area (Å²) in [7, 11) is -3.23. The standard InChI is InChI=1S/C11H11Cl2NO3S/c1-18(16,17)8-4-2-7(3-5-8)14-10(15)9-6-11(9,12)13/h2-5,9H,6H2,1H3,(H,14,15). The zero-order valence-corrected chi connectivity index (χ0v) is 11.8. The first-order valence-corrected chi connectivity index (χ1v) is 7.84. The van der Waals surface area contributed by atoms with Crippen LogP contribution >= 0.6 is 23.2 Å². The molecule has 7 heteroatoms. The van der Waals surface area contributed by atoms with Crippen LogP contribution in [0.5, 0.6) is 0 Å². The first-order valence-electron chi connectivity index (χ1n) is 5.19. The molecule has 0 radical (unpaired) electrons. The molecule has 1 aliphatic rings. The van der Waals surface area contributed by atoms with Gasteiger partial charge in [0.15, 0.2) is 9.84 Å². The number of anilines is 1. The Morgan fingerprint density at radius 3 is 2.22 bits per heavy atom. The van der Waals surface area contributed by atoms with Gasteiger partial charge in [0.2, 0.25) is 5.91 Å². The Labute approximate surface area is 115 Å². The molecule has 1 atom stereocenters. The van der Waals surface area contributed by atoms with Crippen molar-refractivity contribution in [2.24, 2.45) is 5.92 Å². The molecule has 1 aromatic rings. The topological polar surface area (TPSA) is 63.2 Å². The van der Waals surface area contributed by atoms with Gasteiger partial charge in [0.1, 0.15) is 4.33 Å². The fraction of sp³-hybridized carbons (Fsp3) is 0.364. The highest BCUT2D eigenvalue weighted by molar-refractivity contribution is 7.90. The van der Waals surface area contributed by atoms with Crippen molar-refractivity contribution in [1.29, 1.82) is 0 Å². The second-order valence-corrected chi connectivity index (χ2v) is 7.86. The Balaban J connectivity index is 2.06. The molecular formula is C11H11Cl2NO3S. The number of sulfone groups is 1. The van der Waals surface area contributed by atoms with E-state index in [9.17, 15) is 13.2 Å². The van der Waals surface area contributed by atoms with E-state index in [-0.39, 0.29) is 10.8 Å². The lowest BCUT2D eigenvalue weighted by Crippen LogP contribution is -2.16. The van der Waals surface area contributed by atoms with Crippen LogP contribution < -0.4 is 5.32 Å². The van der Waals surface area contributed by atoms with Gasteiger partial charge < -0.3 is 5.32 Å². The maximum absolute atomic E-state index is 11.7. The summed E-state index contributed by atoms with van der Waals surface area (Å²) >= 11 is 11.6. The minimum Gasteiger partial charge on any atom is -0.326 e. The molecule has 1 fully saturated rings. The molecule has 1 amide bonds. The van der Waals surface area contributed by atoms with Gasteiger partial charge in [0.05, 0.1) is 10.8 Å². The van der Waals surface area contributed by atoms with Crippen molar-refractivity contribution >= 4 is 44.6 Å². The summed E-state index contributed by atoms with van der Waals surface area (Å²) in [6.45, 7) is 0. The van der Waals surface area contributed by atoms with E-state index in [0.29, 0.717) is 12.1 Å². The molecule has 0 saturated heterocycles. The third-order valence-corrected chi connectivity index (χ3v) is 4.66. The molecule has 0 bridgehead atoms. The molecule has 4 nitrogen and oxygen atoms in total. The number of hydrogen-bond donors (Lipinski definition) is 1. The first kappa shape index (κ1) is 13.6. The highest BCUT2D eigenvalue weighted by Crippen LogP contribution is 2.53. The monoisotopic (exact) mass is 307 g/mol. The van der Waals surface area contributed by atoms with Crippen LogP contribution in [-0.2, 0) is 14.6 Å². The second kappa shape index (κ2) is 4.40. The van der Waals surface area contributed by atoms with Gasteiger partial charge in [-0.2, -0.15) is 0 Å². The Bertz CT molecular complexity index is 581. The van der Waals surface area contributed by atoms with Gasteiger partial charge in [-0.25, -0.2) is 8.42 Å². The summed E-state index contributed by atoms with van der Waals surface area (Å²) in [5.74, 6) is -0.664. The fourth-order valence-corrected chi connectivity index (χ4v) is 2.65. The van der Waals surface area contributed by atoms with Crippen LogP contribution in [0.4, 0.5) is 5.69 Å². The van der Waals surface area contributed by atoms with E-state index < -0.39 is 20.1 Å². The average molecular weight is 308 g/mol. The molecule has 1 N–H and O–H groups in total. The van der Waals surface area contributed by atoms with Crippen LogP contribution in [0.3, 0.4) is 0 Å². The van der Waals surface area contributed by atoms with E-state index in [1.54, 1.807) is 0 Å². The van der Waals surface area contributed by atoms with Gasteiger partial charge in [-0.3, -0.25) is 4.79 Å². The number of carbonyl (C=O) groups excluding carboxylic acids is 1. The third kappa shape index (κ3) is 2.96. The Morgan fingerprint density at radius 1 is 1.33 bits per heavy atom. The Hall–Kier alpha value is -0.780. The van der Waals surface area contributed by atoms with Crippen LogP contribution in [0.1, 0.15) is 6.42 Å². The summed E-state index contributed by atoms with van der Waals surface area (Å²) in [4.78, 5) is 11.9. The lowest BCUT2D eigenvalue weighted by molar-refractivity contribution is -0.117. The van der Waals surface area contributed by atoms with Crippen LogP contribution in [0, 0.1) is 5.92 Å². The minimum atomic E-state index is -3.23. The number of amides is 1. The van der Waals surface area contributed by atoms with E-state index in [1.165, 1.54) is 24.3 Å². The molecule has 1 saturated carbocycles. The smallest absolute Gasteiger partial charge is 0.230 e. The van der Waals surface area contributed by atoms with Crippen LogP contribution in [-0.4, -0.2) is 24.9 Å². The molecule has 1 aromatic carbocycles. The molecule has 0 aliphatic heterocycles. The first-order chi connectivity index (χ1) is 8.20. The lowest BCUT2D eigenvalue weighted by atomic mass is 10.3. The van der Waals surface area contributed by atoms with E-state index in [1.807, 2.05) is 0 Å². The molecule has 98 valence electrons. The average Bonchev–Trinajstić information content (AvgIpc) is 2.87. The van der Waals surface area contributed by atoms with Crippen molar-refractivity contribution in [1.82, 2.24) is 0 Å². The highest BCUT2D eigenvalue weighted by atomic mass is 35.5. The molecule has 0 heterocycles. The fourth-order valence-electron chi connectivity index (χ4n) is 1.51. The van der Waals surface area contributed by atoms with E-state index in [4.69, 9.17) is 23.2 Å². The summed E-state index contributed by atoms with van der Waals surface area (Å²) in [5.41, 5.74) is 0.517. The number of benzene rings is 1. The minimum absolute atomic E-state index is 0.205. The predicted octanol–water partition coefficient (Wildman–Crippen LogP) is 2.22. The SMILES string of the molecule is CS(=O)(=O)c1ccc(NC(=O)C2CC2(Cl)Cl)cc1. The zero-order valence-electron chi connectivity index (χ0n) is 9.48. The number of alkyl halides is 2. The van der Waals surface area contributed by atoms with Crippen LogP contribution in [0.2, 0.25) is 0 Å². The van der Waals surface area contributed by atoms with E-state index in [2.05, 4.69) is 5.32 Å². The zero-order chi connectivity index (χ0) is 13.6. The third-order valence-electron chi connectivity index (χ3n) is 2.69. The van der Waals surface area contributed by atoms with Crippen molar-refractivity contribution < 1.29 is 13.2 Å². The summed E-state index contributed by atoms with van der Waals surface area (Å²) in [6.07, 6.45) is 1.56. The lowest BCUT2D eigenvalue weighted by Gasteiger charge is -2.06. The summed E-state index contributed by atoms with van der Waals surface area (Å²) in [6, 6.07) is 5.93. The molecule has 1 aliphatic carbocycles. The Morgan fingerprint density at radius 2 is 1.83 bits per heavy atom. The van der Waals surface area contributed by atoms with Crippen molar-refractivity contribution in [3.63, 3.8) is 0 Å². The molecule has 2 rings (SSSR count). The molecule has 18 heavy (non-hydrogen) atoms. The molecular weight excluding hydrogens is 297 g/mol. The van der Waals surface area contributed by atoms with Crippen molar-refractivity contribution in [3.05, 3.63) is 24.3 Å². The number of carbonyl (C=O) groups is 1. The van der Waals surface area contributed by atoms with Crippen molar-refractivity contribution in [2.75, 3.05) is 11.6 Å². The number of halogens is 2. The highest BCUT2D eigenvalue weighted by Gasteiger charge is 2.56. The Kier molecular flexibility index (Phi) is 3.34. The molecule has 0 spiro atoms. The van der Waals surface area contributed by atoms with Crippen molar-refractivity contribution in [3.8, 4) is 0 Å². The number of hydrogen-bond acceptors (Lipinski definition) is 3. The van der Waals surface area contributed by atoms with Crippen molar-refractivity contribution in [2.45, 2.75) is 15.6 Å². The van der Waals surface area contributed by atoms with Crippen LogP contribution in [0.25, 0.3) is 0 Å². The van der Waals surface area contributed by atoms with Gasteiger partial charge in [-0.05, 0) is 30.7 Å². The van der Waals surface area contributed by atoms with E-state index >= 15 is 0 Å². The van der Waals surface area contributed by atoms with Crippen LogP contribution in [0.15, 0.2) is 29.2 Å². The number of nitrogens with one attached hydrogen (secondary N) is 1. The number of rotatable bonds is 3. The quantitative estimate of drug-likeness (QED) is 0.871. The maximum Gasteiger partial charge on any atom is 0.230 e. The van der Waals surface area contributed by atoms with Gasteiger partial charge in [-0.1, -0.05) is 0 Å². The second-order valence-electron chi connectivity index (χ2n) is 4.30. The van der Waals surface area contributed by atoms with E-state index in [0.717, 1.165) is 6.26 Å². The van der Waals surface area contributed by atoms with Gasteiger partial charge in [-0.15, -0.1) is 23.2 Å². The molecule has 0 aromatic heterocycles. The summed E-state index contributed by atoms with van der Waals surface area (Å²) in [5, 5.41) is 2.64. The van der Waals surface area contributed by atoms with Gasteiger partial charge >= 0.3 is 0 Å². The predicted molar refractivity (Wildman–Crippen MR) is 70.7 cm³/mol. The maximum atomic E-state index is 11.7. The largest absolute Gasteiger partial charge is 0.326 e. The van der Waals surface area contributed by atoms with Gasteiger partial charge in [0.25, 0.3) is 0 Å². The normalized spacial score (nSPS) is 21.4. The summed E-state index contributed by atoms with van der Waals surface area (Å²) < 4.78 is 21.5. The van der Waals surface area contributed by atoms with Gasteiger partial charge in [0, 0.05) is 11.9 Å².